The molecule has 0 aliphatic heterocycles. The number of amides is 7. The van der Waals surface area contributed by atoms with Gasteiger partial charge in [-0.2, -0.15) is 0 Å². The molecule has 0 aliphatic rings. The van der Waals surface area contributed by atoms with Gasteiger partial charge < -0.3 is 56.5 Å². The molecular weight excluding hydrogens is 878 g/mol. The Kier molecular flexibility index (Phi) is 22.2. The van der Waals surface area contributed by atoms with Gasteiger partial charge in [0, 0.05) is 23.7 Å². The van der Waals surface area contributed by atoms with Crippen LogP contribution in [0.25, 0.3) is 11.1 Å². The van der Waals surface area contributed by atoms with Gasteiger partial charge in [-0.1, -0.05) is 35.9 Å². The number of carboxylic acid groups (broad SMARTS) is 1. The number of rotatable bonds is 22. The van der Waals surface area contributed by atoms with Gasteiger partial charge in [-0.15, -0.1) is 0 Å². The van der Waals surface area contributed by atoms with Crippen molar-refractivity contribution in [1.82, 2.24) is 37.2 Å². The molecular formula is C46H68ClN7O12. The van der Waals surface area contributed by atoms with Crippen molar-refractivity contribution in [3.63, 3.8) is 0 Å². The molecule has 0 fully saturated rings. The maximum Gasteiger partial charge on any atom is 0.407 e. The lowest BCUT2D eigenvalue weighted by Crippen LogP contribution is -2.59. The number of unbranched alkanes of at least 4 members (excludes halogenated alkanes) is 2. The Hall–Kier alpha value is -6.11. The number of hydrogen-bond acceptors (Lipinski definition) is 11. The second kappa shape index (κ2) is 26.1. The number of aliphatic carboxylic acids is 1. The van der Waals surface area contributed by atoms with Crippen LogP contribution in [0.1, 0.15) is 118 Å². The summed E-state index contributed by atoms with van der Waals surface area (Å²) in [5.74, 6) is -4.47. The highest BCUT2D eigenvalue weighted by Crippen LogP contribution is 2.22. The van der Waals surface area contributed by atoms with Gasteiger partial charge in [0.05, 0.1) is 6.54 Å². The van der Waals surface area contributed by atoms with Crippen molar-refractivity contribution in [2.45, 2.75) is 149 Å². The normalized spacial score (nSPS) is 13.3. The summed E-state index contributed by atoms with van der Waals surface area (Å²) in [6.45, 7) is 16.5. The monoisotopic (exact) mass is 945 g/mol. The standard InChI is InChI=1S/C46H68ClN7O12/c1-28(36(55)53-34(40(59)60)16-12-14-26-49-42(62)65-45(5,6)7)51-38(57)33(15-11-13-25-48-41(61)64-44(2,3)4)52-39(58)35(27-50-43(63)66-46(8,9)10)54-37(56)31-19-17-29(18-20-31)30-21-23-32(47)24-22-30/h17-24,28,33-35H,11-16,25-27H2,1-10H3,(H,48,61)(H,49,62)(H,50,63)(H,51,57)(H,52,58)(H,53,55)(H,54,56)(H,59,60). The molecule has 0 saturated carbocycles. The summed E-state index contributed by atoms with van der Waals surface area (Å²) in [7, 11) is 0. The van der Waals surface area contributed by atoms with Crippen molar-refractivity contribution < 1.29 is 57.7 Å². The maximum atomic E-state index is 14.0. The quantitative estimate of drug-likeness (QED) is 0.0531. The van der Waals surface area contributed by atoms with Crippen LogP contribution in [0.3, 0.4) is 0 Å². The number of carbonyl (C=O) groups is 8. The van der Waals surface area contributed by atoms with Crippen LogP contribution in [-0.2, 0) is 33.4 Å². The molecule has 4 unspecified atom stereocenters. The molecule has 0 spiro atoms. The van der Waals surface area contributed by atoms with E-state index in [4.69, 9.17) is 25.8 Å². The van der Waals surface area contributed by atoms with Gasteiger partial charge in [-0.25, -0.2) is 19.2 Å². The number of ether oxygens (including phenoxy) is 3. The molecule has 0 bridgehead atoms. The van der Waals surface area contributed by atoms with E-state index in [0.29, 0.717) is 24.3 Å². The van der Waals surface area contributed by atoms with Crippen molar-refractivity contribution in [3.05, 3.63) is 59.1 Å². The van der Waals surface area contributed by atoms with E-state index in [-0.39, 0.29) is 37.9 Å². The average molecular weight is 947 g/mol. The summed E-state index contributed by atoms with van der Waals surface area (Å²) in [5.41, 5.74) is -0.457. The Bertz CT molecular complexity index is 1960. The molecule has 0 aromatic heterocycles. The molecule has 0 radical (unpaired) electrons. The smallest absolute Gasteiger partial charge is 0.407 e. The van der Waals surface area contributed by atoms with Crippen molar-refractivity contribution in [2.75, 3.05) is 19.6 Å². The molecule has 2 rings (SSSR count). The molecule has 366 valence electrons. The molecule has 2 aromatic carbocycles. The number of halogens is 1. The van der Waals surface area contributed by atoms with E-state index in [1.807, 2.05) is 12.1 Å². The number of carboxylic acids is 1. The summed E-state index contributed by atoms with van der Waals surface area (Å²) in [6, 6.07) is 8.30. The van der Waals surface area contributed by atoms with Crippen LogP contribution in [0.2, 0.25) is 5.02 Å². The summed E-state index contributed by atoms with van der Waals surface area (Å²) in [5, 5.41) is 28.3. The minimum absolute atomic E-state index is 0.0106. The fraction of sp³-hybridized carbons (Fsp3) is 0.565. The van der Waals surface area contributed by atoms with E-state index in [1.165, 1.54) is 6.92 Å². The van der Waals surface area contributed by atoms with Crippen LogP contribution in [0.15, 0.2) is 48.5 Å². The van der Waals surface area contributed by atoms with Crippen LogP contribution in [0.5, 0.6) is 0 Å². The zero-order chi connectivity index (χ0) is 49.8. The van der Waals surface area contributed by atoms with Crippen molar-refractivity contribution in [1.29, 1.82) is 0 Å². The molecule has 66 heavy (non-hydrogen) atoms. The lowest BCUT2D eigenvalue weighted by atomic mass is 10.0. The van der Waals surface area contributed by atoms with Crippen molar-refractivity contribution in [2.24, 2.45) is 0 Å². The van der Waals surface area contributed by atoms with Crippen LogP contribution in [0, 0.1) is 0 Å². The van der Waals surface area contributed by atoms with E-state index in [2.05, 4.69) is 37.2 Å². The van der Waals surface area contributed by atoms with Gasteiger partial charge in [-0.05, 0) is 143 Å². The number of carbonyl (C=O) groups excluding carboxylic acids is 7. The van der Waals surface area contributed by atoms with Crippen molar-refractivity contribution >= 4 is 59.5 Å². The third-order valence-corrected chi connectivity index (χ3v) is 9.22. The van der Waals surface area contributed by atoms with Gasteiger partial charge >= 0.3 is 24.2 Å². The third-order valence-electron chi connectivity index (χ3n) is 8.97. The zero-order valence-corrected chi connectivity index (χ0v) is 40.4. The first kappa shape index (κ1) is 56.0. The second-order valence-electron chi connectivity index (χ2n) is 18.5. The molecule has 8 N–H and O–H groups in total. The zero-order valence-electron chi connectivity index (χ0n) is 39.6. The predicted molar refractivity (Wildman–Crippen MR) is 248 cm³/mol. The van der Waals surface area contributed by atoms with Gasteiger partial charge in [0.1, 0.15) is 41.0 Å². The Morgan fingerprint density at radius 3 is 1.39 bits per heavy atom. The number of alkyl carbamates (subject to hydrolysis) is 3. The van der Waals surface area contributed by atoms with Gasteiger partial charge in [0.15, 0.2) is 0 Å². The van der Waals surface area contributed by atoms with E-state index < -0.39 is 95.4 Å². The predicted octanol–water partition coefficient (Wildman–Crippen LogP) is 5.58. The van der Waals surface area contributed by atoms with Gasteiger partial charge in [-0.3, -0.25) is 19.2 Å². The van der Waals surface area contributed by atoms with Crippen molar-refractivity contribution in [3.8, 4) is 11.1 Å². The Balaban J connectivity index is 2.25. The highest BCUT2D eigenvalue weighted by molar-refractivity contribution is 6.30. The summed E-state index contributed by atoms with van der Waals surface area (Å²) >= 11 is 6.03. The Morgan fingerprint density at radius 1 is 0.530 bits per heavy atom. The van der Waals surface area contributed by atoms with E-state index in [0.717, 1.165) is 11.1 Å². The first-order valence-corrected chi connectivity index (χ1v) is 22.2. The minimum atomic E-state index is -1.44. The van der Waals surface area contributed by atoms with E-state index >= 15 is 0 Å². The van der Waals surface area contributed by atoms with Crippen LogP contribution in [-0.4, -0.2) is 114 Å². The molecule has 0 aliphatic carbocycles. The first-order valence-electron chi connectivity index (χ1n) is 21.8. The molecule has 0 heterocycles. The van der Waals surface area contributed by atoms with Gasteiger partial charge in [0.25, 0.3) is 5.91 Å². The summed E-state index contributed by atoms with van der Waals surface area (Å²) < 4.78 is 15.8. The fourth-order valence-corrected chi connectivity index (χ4v) is 5.96. The molecule has 7 amide bonds. The topological polar surface area (TPSA) is 269 Å². The first-order chi connectivity index (χ1) is 30.6. The highest BCUT2D eigenvalue weighted by Gasteiger charge is 2.31. The molecule has 20 heteroatoms. The fourth-order valence-electron chi connectivity index (χ4n) is 5.84. The summed E-state index contributed by atoms with van der Waals surface area (Å²) in [6.07, 6.45) is -0.792. The van der Waals surface area contributed by atoms with Crippen LogP contribution < -0.4 is 37.2 Å². The molecule has 2 aromatic rings. The van der Waals surface area contributed by atoms with Crippen LogP contribution >= 0.6 is 11.6 Å². The SMILES string of the molecule is CC(NC(=O)C(CCCCNC(=O)OC(C)(C)C)NC(=O)C(CNC(=O)OC(C)(C)C)NC(=O)c1ccc(-c2ccc(Cl)cc2)cc1)C(=O)NC(CCCCNC(=O)OC(C)(C)C)C(=O)O. The van der Waals surface area contributed by atoms with E-state index in [1.54, 1.807) is 98.7 Å². The minimum Gasteiger partial charge on any atom is -0.480 e. The second-order valence-corrected chi connectivity index (χ2v) is 19.0. The molecule has 0 saturated heterocycles. The molecule has 4 atom stereocenters. The third kappa shape index (κ3) is 23.2. The molecule has 19 nitrogen and oxygen atoms in total. The Morgan fingerprint density at radius 2 is 0.939 bits per heavy atom. The highest BCUT2D eigenvalue weighted by atomic mass is 35.5. The lowest BCUT2D eigenvalue weighted by molar-refractivity contribution is -0.142. The van der Waals surface area contributed by atoms with Crippen LogP contribution in [0.4, 0.5) is 14.4 Å². The number of hydrogen-bond donors (Lipinski definition) is 8. The average Bonchev–Trinajstić information content (AvgIpc) is 3.19. The maximum absolute atomic E-state index is 14.0. The lowest BCUT2D eigenvalue weighted by Gasteiger charge is -2.26. The summed E-state index contributed by atoms with van der Waals surface area (Å²) in [4.78, 5) is 103. The number of benzene rings is 2. The van der Waals surface area contributed by atoms with E-state index in [9.17, 15) is 43.5 Å². The van der Waals surface area contributed by atoms with Gasteiger partial charge in [0.2, 0.25) is 17.7 Å². The largest absolute Gasteiger partial charge is 0.480 e. The Labute approximate surface area is 391 Å². The number of nitrogens with one attached hydrogen (secondary N) is 7.